The van der Waals surface area contributed by atoms with Gasteiger partial charge in [-0.2, -0.15) is 0 Å². The van der Waals surface area contributed by atoms with Gasteiger partial charge in [0.1, 0.15) is 5.75 Å². The van der Waals surface area contributed by atoms with Crippen molar-refractivity contribution < 1.29 is 4.74 Å². The van der Waals surface area contributed by atoms with E-state index >= 15 is 0 Å². The van der Waals surface area contributed by atoms with Crippen LogP contribution >= 0.6 is 23.4 Å². The van der Waals surface area contributed by atoms with E-state index in [9.17, 15) is 0 Å². The van der Waals surface area contributed by atoms with E-state index in [2.05, 4.69) is 22.4 Å². The van der Waals surface area contributed by atoms with Gasteiger partial charge in [-0.15, -0.1) is 11.6 Å². The highest BCUT2D eigenvalue weighted by Crippen LogP contribution is 2.32. The van der Waals surface area contributed by atoms with Gasteiger partial charge in [-0.05, 0) is 29.5 Å². The van der Waals surface area contributed by atoms with Crippen LogP contribution in [-0.2, 0) is 6.42 Å². The number of thioether (sulfide) groups is 1. The van der Waals surface area contributed by atoms with Gasteiger partial charge in [0.25, 0.3) is 0 Å². The van der Waals surface area contributed by atoms with E-state index in [0.29, 0.717) is 11.9 Å². The summed E-state index contributed by atoms with van der Waals surface area (Å²) in [7, 11) is 1.68. The molecule has 0 aromatic heterocycles. The molecule has 0 fully saturated rings. The largest absolute Gasteiger partial charge is 0.497 e. The third-order valence-electron chi connectivity index (χ3n) is 3.33. The molecule has 0 spiro atoms. The molecule has 0 amide bonds. The topological polar surface area (TPSA) is 24.8 Å². The number of amidine groups is 1. The number of alkyl halides is 1. The second kappa shape index (κ2) is 5.47. The number of fused-ring (bicyclic) bond motifs is 1. The monoisotopic (exact) mass is 294 g/mol. The first-order valence-corrected chi connectivity index (χ1v) is 7.61. The minimum absolute atomic E-state index is 0.322. The zero-order valence-corrected chi connectivity index (χ0v) is 12.2. The highest BCUT2D eigenvalue weighted by molar-refractivity contribution is 8.16. The van der Waals surface area contributed by atoms with E-state index in [4.69, 9.17) is 21.3 Å². The van der Waals surface area contributed by atoms with Gasteiger partial charge in [0, 0.05) is 12.2 Å². The lowest BCUT2D eigenvalue weighted by atomic mass is 10.1. The number of hydrogen-bond donors (Lipinski definition) is 0. The number of hydrogen-bond acceptors (Lipinski definition) is 4. The summed E-state index contributed by atoms with van der Waals surface area (Å²) in [5.41, 5.74) is 2.46. The van der Waals surface area contributed by atoms with Crippen LogP contribution in [-0.4, -0.2) is 35.6 Å². The molecular weight excluding hydrogens is 280 g/mol. The van der Waals surface area contributed by atoms with E-state index in [-0.39, 0.29) is 0 Å². The van der Waals surface area contributed by atoms with Crippen molar-refractivity contribution in [2.45, 2.75) is 12.5 Å². The average Bonchev–Trinajstić information content (AvgIpc) is 2.99. The van der Waals surface area contributed by atoms with Crippen molar-refractivity contribution in [3.05, 3.63) is 40.9 Å². The molecule has 0 N–H and O–H groups in total. The molecule has 0 saturated heterocycles. The standard InChI is InChI=1S/C14H15ClN2OS/c1-18-13-4-2-10(3-5-13)6-11-8-17-12(7-15)9-19-14(17)16-11/h2-5,9,11H,6-8H2,1H3/t11-/m1/s1. The fraction of sp³-hybridized carbons (Fsp3) is 0.357. The Labute approximate surface area is 122 Å². The molecule has 0 bridgehead atoms. The summed E-state index contributed by atoms with van der Waals surface area (Å²) in [4.78, 5) is 6.98. The van der Waals surface area contributed by atoms with Gasteiger partial charge in [-0.3, -0.25) is 4.99 Å². The summed E-state index contributed by atoms with van der Waals surface area (Å²) >= 11 is 7.60. The van der Waals surface area contributed by atoms with Crippen LogP contribution in [0.2, 0.25) is 0 Å². The molecule has 5 heteroatoms. The zero-order chi connectivity index (χ0) is 13.2. The molecule has 19 heavy (non-hydrogen) atoms. The van der Waals surface area contributed by atoms with Crippen molar-refractivity contribution in [2.24, 2.45) is 4.99 Å². The third-order valence-corrected chi connectivity index (χ3v) is 4.53. The van der Waals surface area contributed by atoms with Crippen LogP contribution < -0.4 is 4.74 Å². The SMILES string of the molecule is COc1ccc(C[C@@H]2CN3C(CCl)=CSC3=N2)cc1. The fourth-order valence-corrected chi connectivity index (χ4v) is 3.62. The highest BCUT2D eigenvalue weighted by atomic mass is 35.5. The van der Waals surface area contributed by atoms with Crippen LogP contribution in [0.3, 0.4) is 0 Å². The molecule has 2 aliphatic rings. The van der Waals surface area contributed by atoms with E-state index < -0.39 is 0 Å². The van der Waals surface area contributed by atoms with Gasteiger partial charge in [0.05, 0.1) is 19.0 Å². The number of aliphatic imine (C=N–C) groups is 1. The van der Waals surface area contributed by atoms with Crippen LogP contribution in [0.4, 0.5) is 0 Å². The third kappa shape index (κ3) is 2.60. The number of rotatable bonds is 4. The molecule has 2 heterocycles. The fourth-order valence-electron chi connectivity index (χ4n) is 2.32. The summed E-state index contributed by atoms with van der Waals surface area (Å²) in [6, 6.07) is 8.53. The molecule has 0 aliphatic carbocycles. The molecular formula is C14H15ClN2OS. The van der Waals surface area contributed by atoms with E-state index in [1.165, 1.54) is 11.3 Å². The summed E-state index contributed by atoms with van der Waals surface area (Å²) in [6.45, 7) is 0.937. The summed E-state index contributed by atoms with van der Waals surface area (Å²) in [5, 5.41) is 3.18. The molecule has 3 nitrogen and oxygen atoms in total. The van der Waals surface area contributed by atoms with Crippen LogP contribution in [0.1, 0.15) is 5.56 Å². The van der Waals surface area contributed by atoms with Crippen molar-refractivity contribution in [2.75, 3.05) is 19.5 Å². The molecule has 1 aromatic carbocycles. The van der Waals surface area contributed by atoms with E-state index in [1.54, 1.807) is 18.9 Å². The molecule has 100 valence electrons. The Morgan fingerprint density at radius 3 is 2.89 bits per heavy atom. The smallest absolute Gasteiger partial charge is 0.168 e. The molecule has 0 radical (unpaired) electrons. The maximum absolute atomic E-state index is 5.92. The first kappa shape index (κ1) is 12.9. The van der Waals surface area contributed by atoms with Crippen molar-refractivity contribution in [3.8, 4) is 5.75 Å². The lowest BCUT2D eigenvalue weighted by Crippen LogP contribution is -2.25. The van der Waals surface area contributed by atoms with Gasteiger partial charge in [-0.25, -0.2) is 0 Å². The van der Waals surface area contributed by atoms with Crippen LogP contribution in [0.5, 0.6) is 5.75 Å². The Hall–Kier alpha value is -1.13. The Morgan fingerprint density at radius 1 is 1.42 bits per heavy atom. The summed E-state index contributed by atoms with van der Waals surface area (Å²) in [6.07, 6.45) is 0.958. The van der Waals surface area contributed by atoms with Crippen molar-refractivity contribution in [1.82, 2.24) is 4.90 Å². The van der Waals surface area contributed by atoms with Crippen LogP contribution in [0.25, 0.3) is 0 Å². The van der Waals surface area contributed by atoms with Gasteiger partial charge < -0.3 is 9.64 Å². The number of allylic oxidation sites excluding steroid dienone is 1. The van der Waals surface area contributed by atoms with Crippen molar-refractivity contribution in [1.29, 1.82) is 0 Å². The minimum atomic E-state index is 0.322. The van der Waals surface area contributed by atoms with Crippen molar-refractivity contribution in [3.63, 3.8) is 0 Å². The lowest BCUT2D eigenvalue weighted by Gasteiger charge is -2.16. The maximum Gasteiger partial charge on any atom is 0.168 e. The first-order chi connectivity index (χ1) is 9.30. The zero-order valence-electron chi connectivity index (χ0n) is 10.7. The second-order valence-electron chi connectivity index (χ2n) is 4.59. The number of halogens is 1. The molecule has 0 unspecified atom stereocenters. The molecule has 1 aromatic rings. The highest BCUT2D eigenvalue weighted by Gasteiger charge is 2.31. The van der Waals surface area contributed by atoms with Crippen LogP contribution in [0.15, 0.2) is 40.4 Å². The Morgan fingerprint density at radius 2 is 2.21 bits per heavy atom. The van der Waals surface area contributed by atoms with Gasteiger partial charge in [0.2, 0.25) is 0 Å². The lowest BCUT2D eigenvalue weighted by molar-refractivity contribution is 0.414. The number of benzene rings is 1. The first-order valence-electron chi connectivity index (χ1n) is 6.20. The normalized spacial score (nSPS) is 21.2. The number of ether oxygens (including phenoxy) is 1. The second-order valence-corrected chi connectivity index (χ2v) is 5.69. The minimum Gasteiger partial charge on any atom is -0.497 e. The summed E-state index contributed by atoms with van der Waals surface area (Å²) in [5.74, 6) is 1.45. The Bertz CT molecular complexity index is 527. The Balaban J connectivity index is 1.65. The molecule has 1 atom stereocenters. The number of nitrogens with zero attached hydrogens (tertiary/aromatic N) is 2. The quantitative estimate of drug-likeness (QED) is 0.798. The van der Waals surface area contributed by atoms with Crippen LogP contribution in [0, 0.1) is 0 Å². The van der Waals surface area contributed by atoms with Crippen molar-refractivity contribution >= 4 is 28.5 Å². The number of methoxy groups -OCH3 is 1. The van der Waals surface area contributed by atoms with Gasteiger partial charge in [-0.1, -0.05) is 23.9 Å². The predicted octanol–water partition coefficient (Wildman–Crippen LogP) is 3.10. The maximum atomic E-state index is 5.92. The Kier molecular flexibility index (Phi) is 3.71. The molecule has 0 saturated carbocycles. The summed E-state index contributed by atoms with van der Waals surface area (Å²) < 4.78 is 5.17. The van der Waals surface area contributed by atoms with Gasteiger partial charge >= 0.3 is 0 Å². The average molecular weight is 295 g/mol. The predicted molar refractivity (Wildman–Crippen MR) is 81.0 cm³/mol. The van der Waals surface area contributed by atoms with E-state index in [1.807, 2.05) is 12.1 Å². The van der Waals surface area contributed by atoms with Gasteiger partial charge in [0.15, 0.2) is 5.17 Å². The molecule has 3 rings (SSSR count). The molecule has 2 aliphatic heterocycles. The van der Waals surface area contributed by atoms with E-state index in [0.717, 1.165) is 23.9 Å².